The van der Waals surface area contributed by atoms with Crippen molar-refractivity contribution in [2.45, 2.75) is 19.8 Å². The third kappa shape index (κ3) is 2.23. The zero-order chi connectivity index (χ0) is 13.3. The monoisotopic (exact) mass is 251 g/mol. The van der Waals surface area contributed by atoms with Gasteiger partial charge in [0.25, 0.3) is 5.91 Å². The molecule has 1 aliphatic rings. The maximum Gasteiger partial charge on any atom is 0.308 e. The first-order valence-electron chi connectivity index (χ1n) is 6.08. The van der Waals surface area contributed by atoms with Gasteiger partial charge in [-0.15, -0.1) is 0 Å². The van der Waals surface area contributed by atoms with E-state index < -0.39 is 11.9 Å². The van der Waals surface area contributed by atoms with Gasteiger partial charge in [-0.1, -0.05) is 6.92 Å². The molecule has 2 heterocycles. The molecule has 18 heavy (non-hydrogen) atoms. The molecular formula is C12H17N3O3. The molecule has 0 spiro atoms. The molecular weight excluding hydrogens is 234 g/mol. The molecule has 2 rings (SSSR count). The van der Waals surface area contributed by atoms with Crippen LogP contribution >= 0.6 is 0 Å². The standard InChI is InChI=1S/C12H17N3O3/c1-3-9-6-10(14(2)13-9)11(16)15-5-4-8(7-15)12(17)18/h6,8H,3-5,7H2,1-2H3,(H,17,18). The summed E-state index contributed by atoms with van der Waals surface area (Å²) in [6, 6.07) is 1.77. The normalized spacial score (nSPS) is 19.2. The Morgan fingerprint density at radius 1 is 1.56 bits per heavy atom. The summed E-state index contributed by atoms with van der Waals surface area (Å²) in [5.74, 6) is -1.40. The van der Waals surface area contributed by atoms with Crippen LogP contribution in [0.3, 0.4) is 0 Å². The second kappa shape index (κ2) is 4.80. The smallest absolute Gasteiger partial charge is 0.308 e. The number of likely N-dealkylation sites (tertiary alicyclic amines) is 1. The zero-order valence-corrected chi connectivity index (χ0v) is 10.6. The van der Waals surface area contributed by atoms with Gasteiger partial charge in [0.15, 0.2) is 0 Å². The Balaban J connectivity index is 2.12. The highest BCUT2D eigenvalue weighted by molar-refractivity contribution is 5.93. The topological polar surface area (TPSA) is 75.4 Å². The molecule has 1 unspecified atom stereocenters. The Labute approximate surface area is 105 Å². The molecule has 1 fully saturated rings. The Hall–Kier alpha value is -1.85. The lowest BCUT2D eigenvalue weighted by atomic mass is 10.1. The van der Waals surface area contributed by atoms with Crippen LogP contribution in [0.2, 0.25) is 0 Å². The molecule has 98 valence electrons. The number of carbonyl (C=O) groups is 2. The number of hydrogen-bond acceptors (Lipinski definition) is 3. The van der Waals surface area contributed by atoms with Crippen LogP contribution < -0.4 is 0 Å². The predicted octanol–water partition coefficient (Wildman–Crippen LogP) is 0.529. The maximum atomic E-state index is 12.2. The highest BCUT2D eigenvalue weighted by atomic mass is 16.4. The minimum Gasteiger partial charge on any atom is -0.481 e. The van der Waals surface area contributed by atoms with Gasteiger partial charge in [0.1, 0.15) is 5.69 Å². The van der Waals surface area contributed by atoms with E-state index >= 15 is 0 Å². The molecule has 1 aromatic rings. The minimum atomic E-state index is -0.829. The van der Waals surface area contributed by atoms with Crippen molar-refractivity contribution in [2.24, 2.45) is 13.0 Å². The number of nitrogens with zero attached hydrogens (tertiary/aromatic N) is 3. The Kier molecular flexibility index (Phi) is 3.36. The molecule has 0 bridgehead atoms. The summed E-state index contributed by atoms with van der Waals surface area (Å²) < 4.78 is 1.56. The number of rotatable bonds is 3. The largest absolute Gasteiger partial charge is 0.481 e. The molecule has 1 atom stereocenters. The van der Waals surface area contributed by atoms with Gasteiger partial charge in [0, 0.05) is 20.1 Å². The summed E-state index contributed by atoms with van der Waals surface area (Å²) in [4.78, 5) is 24.7. The molecule has 1 amide bonds. The summed E-state index contributed by atoms with van der Waals surface area (Å²) in [6.07, 6.45) is 1.30. The average molecular weight is 251 g/mol. The van der Waals surface area contributed by atoms with Crippen molar-refractivity contribution in [3.8, 4) is 0 Å². The molecule has 0 aliphatic carbocycles. The van der Waals surface area contributed by atoms with Crippen molar-refractivity contribution in [1.82, 2.24) is 14.7 Å². The third-order valence-electron chi connectivity index (χ3n) is 3.34. The average Bonchev–Trinajstić information content (AvgIpc) is 2.94. The van der Waals surface area contributed by atoms with E-state index in [0.29, 0.717) is 25.2 Å². The molecule has 1 aliphatic heterocycles. The van der Waals surface area contributed by atoms with Crippen LogP contribution in [-0.2, 0) is 18.3 Å². The Morgan fingerprint density at radius 3 is 2.78 bits per heavy atom. The number of aliphatic carboxylic acids is 1. The number of carbonyl (C=O) groups excluding carboxylic acids is 1. The zero-order valence-electron chi connectivity index (χ0n) is 10.6. The van der Waals surface area contributed by atoms with E-state index in [2.05, 4.69) is 5.10 Å². The maximum absolute atomic E-state index is 12.2. The van der Waals surface area contributed by atoms with Gasteiger partial charge in [-0.2, -0.15) is 5.10 Å². The third-order valence-corrected chi connectivity index (χ3v) is 3.34. The molecule has 1 saturated heterocycles. The summed E-state index contributed by atoms with van der Waals surface area (Å²) in [7, 11) is 1.73. The van der Waals surface area contributed by atoms with E-state index in [0.717, 1.165) is 12.1 Å². The van der Waals surface area contributed by atoms with E-state index in [1.54, 1.807) is 22.7 Å². The van der Waals surface area contributed by atoms with Crippen LogP contribution in [0.15, 0.2) is 6.07 Å². The Morgan fingerprint density at radius 2 is 2.28 bits per heavy atom. The molecule has 6 nitrogen and oxygen atoms in total. The fraction of sp³-hybridized carbons (Fsp3) is 0.583. The number of aryl methyl sites for hydroxylation is 2. The van der Waals surface area contributed by atoms with E-state index in [4.69, 9.17) is 5.11 Å². The predicted molar refractivity (Wildman–Crippen MR) is 64.2 cm³/mol. The van der Waals surface area contributed by atoms with E-state index in [1.807, 2.05) is 6.92 Å². The SMILES string of the molecule is CCc1cc(C(=O)N2CCC(C(=O)O)C2)n(C)n1. The first-order valence-corrected chi connectivity index (χ1v) is 6.08. The number of carboxylic acid groups (broad SMARTS) is 1. The quantitative estimate of drug-likeness (QED) is 0.850. The molecule has 1 N–H and O–H groups in total. The summed E-state index contributed by atoms with van der Waals surface area (Å²) in [5.41, 5.74) is 1.40. The second-order valence-electron chi connectivity index (χ2n) is 4.57. The summed E-state index contributed by atoms with van der Waals surface area (Å²) >= 11 is 0. The van der Waals surface area contributed by atoms with Crippen LogP contribution in [0, 0.1) is 5.92 Å². The highest BCUT2D eigenvalue weighted by Gasteiger charge is 2.32. The van der Waals surface area contributed by atoms with Gasteiger partial charge in [0.05, 0.1) is 11.6 Å². The van der Waals surface area contributed by atoms with Crippen molar-refractivity contribution in [3.63, 3.8) is 0 Å². The summed E-state index contributed by atoms with van der Waals surface area (Å²) in [5, 5.41) is 13.2. The first-order chi connectivity index (χ1) is 8.52. The lowest BCUT2D eigenvalue weighted by molar-refractivity contribution is -0.141. The second-order valence-corrected chi connectivity index (χ2v) is 4.57. The van der Waals surface area contributed by atoms with E-state index in [-0.39, 0.29) is 5.91 Å². The Bertz CT molecular complexity index is 481. The van der Waals surface area contributed by atoms with Gasteiger partial charge >= 0.3 is 5.97 Å². The van der Waals surface area contributed by atoms with E-state index in [9.17, 15) is 9.59 Å². The van der Waals surface area contributed by atoms with Crippen LogP contribution in [0.25, 0.3) is 0 Å². The van der Waals surface area contributed by atoms with Crippen molar-refractivity contribution in [1.29, 1.82) is 0 Å². The van der Waals surface area contributed by atoms with Crippen LogP contribution in [-0.4, -0.2) is 44.8 Å². The molecule has 6 heteroatoms. The minimum absolute atomic E-state index is 0.131. The number of aromatic nitrogens is 2. The van der Waals surface area contributed by atoms with E-state index in [1.165, 1.54) is 0 Å². The van der Waals surface area contributed by atoms with Crippen molar-refractivity contribution >= 4 is 11.9 Å². The fourth-order valence-electron chi connectivity index (χ4n) is 2.21. The van der Waals surface area contributed by atoms with Gasteiger partial charge in [-0.3, -0.25) is 14.3 Å². The van der Waals surface area contributed by atoms with Crippen LogP contribution in [0.4, 0.5) is 0 Å². The molecule has 1 aromatic heterocycles. The van der Waals surface area contributed by atoms with Crippen LogP contribution in [0.5, 0.6) is 0 Å². The van der Waals surface area contributed by atoms with Gasteiger partial charge in [-0.05, 0) is 18.9 Å². The van der Waals surface area contributed by atoms with Gasteiger partial charge < -0.3 is 10.0 Å². The molecule has 0 radical (unpaired) electrons. The van der Waals surface area contributed by atoms with Crippen LogP contribution in [0.1, 0.15) is 29.5 Å². The number of carboxylic acids is 1. The fourth-order valence-corrected chi connectivity index (χ4v) is 2.21. The molecule has 0 aromatic carbocycles. The summed E-state index contributed by atoms with van der Waals surface area (Å²) in [6.45, 7) is 2.77. The number of amides is 1. The first kappa shape index (κ1) is 12.6. The number of hydrogen-bond donors (Lipinski definition) is 1. The van der Waals surface area contributed by atoms with Gasteiger partial charge in [0.2, 0.25) is 0 Å². The molecule has 0 saturated carbocycles. The van der Waals surface area contributed by atoms with Crippen molar-refractivity contribution in [3.05, 3.63) is 17.5 Å². The van der Waals surface area contributed by atoms with Crippen molar-refractivity contribution < 1.29 is 14.7 Å². The highest BCUT2D eigenvalue weighted by Crippen LogP contribution is 2.19. The lowest BCUT2D eigenvalue weighted by Gasteiger charge is -2.15. The van der Waals surface area contributed by atoms with Gasteiger partial charge in [-0.25, -0.2) is 0 Å². The van der Waals surface area contributed by atoms with Crippen molar-refractivity contribution in [2.75, 3.05) is 13.1 Å². The lowest BCUT2D eigenvalue weighted by Crippen LogP contribution is -2.31.